The first kappa shape index (κ1) is 20.9. The second-order valence-electron chi connectivity index (χ2n) is 7.96. The van der Waals surface area contributed by atoms with E-state index in [-0.39, 0.29) is 18.4 Å². The average molecular weight is 430 g/mol. The summed E-state index contributed by atoms with van der Waals surface area (Å²) in [6, 6.07) is 21.0. The Morgan fingerprint density at radius 2 is 1.77 bits per heavy atom. The van der Waals surface area contributed by atoms with Crippen LogP contribution in [0.25, 0.3) is 27.9 Å². The van der Waals surface area contributed by atoms with Crippen LogP contribution in [-0.2, 0) is 0 Å². The van der Waals surface area contributed by atoms with Gasteiger partial charge in [-0.1, -0.05) is 42.0 Å². The number of aryl methyl sites for hydroxylation is 1. The van der Waals surface area contributed by atoms with E-state index in [1.54, 1.807) is 0 Å². The number of nitriles is 1. The Labute approximate surface area is 188 Å². The molecular formula is C25H24ClN5. The molecule has 1 aliphatic heterocycles. The fourth-order valence-electron chi connectivity index (χ4n) is 4.26. The van der Waals surface area contributed by atoms with Crippen molar-refractivity contribution in [3.63, 3.8) is 0 Å². The molecule has 0 amide bonds. The zero-order valence-electron chi connectivity index (χ0n) is 17.3. The van der Waals surface area contributed by atoms with Crippen LogP contribution in [0.5, 0.6) is 0 Å². The van der Waals surface area contributed by atoms with Crippen LogP contribution in [0.15, 0.2) is 67.0 Å². The maximum absolute atomic E-state index is 9.17. The van der Waals surface area contributed by atoms with Crippen LogP contribution in [0.3, 0.4) is 0 Å². The van der Waals surface area contributed by atoms with Crippen LogP contribution in [0.4, 0.5) is 5.82 Å². The van der Waals surface area contributed by atoms with E-state index in [9.17, 15) is 5.26 Å². The predicted molar refractivity (Wildman–Crippen MR) is 128 cm³/mol. The molecule has 0 aliphatic carbocycles. The minimum absolute atomic E-state index is 0. The Kier molecular flexibility index (Phi) is 5.69. The highest BCUT2D eigenvalue weighted by Gasteiger charge is 2.24. The molecule has 1 aliphatic rings. The van der Waals surface area contributed by atoms with E-state index in [4.69, 9.17) is 10.7 Å². The quantitative estimate of drug-likeness (QED) is 0.507. The molecule has 2 aromatic heterocycles. The molecule has 6 heteroatoms. The number of nitrogens with zero attached hydrogens (tertiary/aromatic N) is 4. The van der Waals surface area contributed by atoms with Gasteiger partial charge in [0.2, 0.25) is 0 Å². The van der Waals surface area contributed by atoms with Crippen LogP contribution >= 0.6 is 12.4 Å². The average Bonchev–Trinajstić information content (AvgIpc) is 3.38. The number of aromatic nitrogens is 2. The Hall–Kier alpha value is -3.33. The molecule has 0 bridgehead atoms. The summed E-state index contributed by atoms with van der Waals surface area (Å²) in [4.78, 5) is 6.99. The number of anilines is 1. The summed E-state index contributed by atoms with van der Waals surface area (Å²) in [6.07, 6.45) is 4.88. The van der Waals surface area contributed by atoms with Crippen molar-refractivity contribution in [2.24, 2.45) is 5.73 Å². The standard InChI is InChI=1S/C25H23N5.ClH/c1-17-2-6-20(7-3-17)24-22(19-8-4-18(15-26)5-9-19)14-23-25(28-11-13-30(23)24)29-12-10-21(27)16-29;/h2-9,11,13-14,21H,10,12,16,27H2,1H3;1H. The number of nitrogens with two attached hydrogens (primary N) is 1. The molecule has 3 heterocycles. The van der Waals surface area contributed by atoms with Gasteiger partial charge in [-0.25, -0.2) is 4.98 Å². The van der Waals surface area contributed by atoms with Crippen LogP contribution in [-0.4, -0.2) is 28.5 Å². The van der Waals surface area contributed by atoms with Gasteiger partial charge in [0.15, 0.2) is 5.82 Å². The largest absolute Gasteiger partial charge is 0.353 e. The third-order valence-electron chi connectivity index (χ3n) is 5.85. The molecule has 4 aromatic rings. The topological polar surface area (TPSA) is 70.3 Å². The van der Waals surface area contributed by atoms with Gasteiger partial charge in [-0.15, -0.1) is 12.4 Å². The molecule has 5 rings (SSSR count). The molecule has 2 N–H and O–H groups in total. The Morgan fingerprint density at radius 1 is 1.06 bits per heavy atom. The van der Waals surface area contributed by atoms with E-state index in [0.29, 0.717) is 5.56 Å². The molecule has 0 radical (unpaired) electrons. The number of hydrogen-bond donors (Lipinski definition) is 1. The van der Waals surface area contributed by atoms with Crippen LogP contribution < -0.4 is 10.6 Å². The summed E-state index contributed by atoms with van der Waals surface area (Å²) in [5.74, 6) is 0.971. The van der Waals surface area contributed by atoms with Crippen LogP contribution in [0.2, 0.25) is 0 Å². The summed E-state index contributed by atoms with van der Waals surface area (Å²) in [7, 11) is 0. The fraction of sp³-hybridized carbons (Fsp3) is 0.200. The van der Waals surface area contributed by atoms with Crippen molar-refractivity contribution >= 4 is 23.7 Å². The molecule has 2 aromatic carbocycles. The van der Waals surface area contributed by atoms with Gasteiger partial charge in [0, 0.05) is 37.1 Å². The fourth-order valence-corrected chi connectivity index (χ4v) is 4.26. The highest BCUT2D eigenvalue weighted by atomic mass is 35.5. The number of benzene rings is 2. The lowest BCUT2D eigenvalue weighted by molar-refractivity contribution is 0.751. The van der Waals surface area contributed by atoms with Gasteiger partial charge in [-0.3, -0.25) is 0 Å². The van der Waals surface area contributed by atoms with Crippen molar-refractivity contribution in [3.8, 4) is 28.5 Å². The van der Waals surface area contributed by atoms with Crippen molar-refractivity contribution in [2.75, 3.05) is 18.0 Å². The maximum atomic E-state index is 9.17. The minimum atomic E-state index is 0. The summed E-state index contributed by atoms with van der Waals surface area (Å²) in [6.45, 7) is 3.84. The van der Waals surface area contributed by atoms with Crippen molar-refractivity contribution in [1.82, 2.24) is 9.38 Å². The first-order valence-electron chi connectivity index (χ1n) is 10.2. The maximum Gasteiger partial charge on any atom is 0.153 e. The van der Waals surface area contributed by atoms with Gasteiger partial charge in [-0.2, -0.15) is 5.26 Å². The summed E-state index contributed by atoms with van der Waals surface area (Å²) in [5, 5.41) is 9.17. The van der Waals surface area contributed by atoms with Gasteiger partial charge in [-0.05, 0) is 42.7 Å². The van der Waals surface area contributed by atoms with E-state index in [1.165, 1.54) is 5.56 Å². The van der Waals surface area contributed by atoms with E-state index in [1.807, 2.05) is 36.7 Å². The van der Waals surface area contributed by atoms with E-state index in [2.05, 4.69) is 52.6 Å². The predicted octanol–water partition coefficient (Wildman–Crippen LogP) is 4.81. The lowest BCUT2D eigenvalue weighted by Crippen LogP contribution is -2.27. The summed E-state index contributed by atoms with van der Waals surface area (Å²) < 4.78 is 2.23. The molecule has 31 heavy (non-hydrogen) atoms. The van der Waals surface area contributed by atoms with Crippen molar-refractivity contribution < 1.29 is 0 Å². The number of fused-ring (bicyclic) bond motifs is 1. The van der Waals surface area contributed by atoms with Crippen LogP contribution in [0.1, 0.15) is 17.5 Å². The highest BCUT2D eigenvalue weighted by Crippen LogP contribution is 2.38. The molecular weight excluding hydrogens is 406 g/mol. The third kappa shape index (κ3) is 3.76. The van der Waals surface area contributed by atoms with E-state index in [0.717, 1.165) is 53.2 Å². The normalized spacial score (nSPS) is 15.6. The van der Waals surface area contributed by atoms with Gasteiger partial charge >= 0.3 is 0 Å². The van der Waals surface area contributed by atoms with Crippen molar-refractivity contribution in [1.29, 1.82) is 5.26 Å². The molecule has 1 atom stereocenters. The van der Waals surface area contributed by atoms with E-state index < -0.39 is 0 Å². The highest BCUT2D eigenvalue weighted by molar-refractivity contribution is 5.90. The number of hydrogen-bond acceptors (Lipinski definition) is 4. The third-order valence-corrected chi connectivity index (χ3v) is 5.85. The van der Waals surface area contributed by atoms with Gasteiger partial charge in [0.1, 0.15) is 0 Å². The Morgan fingerprint density at radius 3 is 2.42 bits per heavy atom. The first-order chi connectivity index (χ1) is 14.6. The molecule has 5 nitrogen and oxygen atoms in total. The molecule has 1 saturated heterocycles. The molecule has 0 saturated carbocycles. The van der Waals surface area contributed by atoms with Gasteiger partial charge < -0.3 is 15.0 Å². The molecule has 1 unspecified atom stereocenters. The molecule has 1 fully saturated rings. The zero-order chi connectivity index (χ0) is 20.7. The zero-order valence-corrected chi connectivity index (χ0v) is 18.1. The second-order valence-corrected chi connectivity index (χ2v) is 7.96. The second kappa shape index (κ2) is 8.43. The number of rotatable bonds is 3. The first-order valence-corrected chi connectivity index (χ1v) is 10.2. The molecule has 156 valence electrons. The lowest BCUT2D eigenvalue weighted by Gasteiger charge is -2.18. The SMILES string of the molecule is Cc1ccc(-c2c(-c3ccc(C#N)cc3)cc3c(N4CCC(N)C4)nccn23)cc1.Cl. The Balaban J connectivity index is 0.00000231. The van der Waals surface area contributed by atoms with E-state index >= 15 is 0 Å². The lowest BCUT2D eigenvalue weighted by atomic mass is 10.00. The van der Waals surface area contributed by atoms with Crippen molar-refractivity contribution in [3.05, 3.63) is 78.1 Å². The van der Waals surface area contributed by atoms with Gasteiger partial charge in [0.05, 0.1) is 22.8 Å². The number of halogens is 1. The summed E-state index contributed by atoms with van der Waals surface area (Å²) >= 11 is 0. The van der Waals surface area contributed by atoms with Gasteiger partial charge in [0.25, 0.3) is 0 Å². The monoisotopic (exact) mass is 429 g/mol. The smallest absolute Gasteiger partial charge is 0.153 e. The molecule has 0 spiro atoms. The minimum Gasteiger partial charge on any atom is -0.353 e. The van der Waals surface area contributed by atoms with Crippen molar-refractivity contribution in [2.45, 2.75) is 19.4 Å². The Bertz CT molecular complexity index is 1250. The van der Waals surface area contributed by atoms with Crippen LogP contribution in [0, 0.1) is 18.3 Å². The summed E-state index contributed by atoms with van der Waals surface area (Å²) in [5.41, 5.74) is 13.6.